The molecule has 0 unspecified atom stereocenters. The standard InChI is InChI=1S/C58H85N5O7/c1-4-7-10-13-16-19-22-25-28-31-42-66-52-45-50(58-62-61-56(70-58)48-36-34-47(35-37-48)55-59-60-57(69-55)49-38-40-51(41-39-49)63(64)65)46-53(67-43-32-29-26-23-20-17-14-11-8-5-2)54(52)68-44-33-30-27-24-21-18-15-12-9-6-3/h34-41,45-46H,4-33,42-44H2,1-3H3. The number of aromatic nitrogens is 4. The Balaban J connectivity index is 1.27. The van der Waals surface area contributed by atoms with Crippen LogP contribution in [-0.4, -0.2) is 45.1 Å². The second-order valence-electron chi connectivity index (χ2n) is 19.1. The predicted molar refractivity (Wildman–Crippen MR) is 283 cm³/mol. The molecule has 0 N–H and O–H groups in total. The summed E-state index contributed by atoms with van der Waals surface area (Å²) in [6.07, 6.45) is 37.8. The predicted octanol–water partition coefficient (Wildman–Crippen LogP) is 17.9. The normalized spacial score (nSPS) is 11.4. The van der Waals surface area contributed by atoms with E-state index in [1.54, 1.807) is 12.1 Å². The van der Waals surface area contributed by atoms with E-state index in [0.717, 1.165) is 44.1 Å². The van der Waals surface area contributed by atoms with Crippen molar-refractivity contribution in [3.63, 3.8) is 0 Å². The van der Waals surface area contributed by atoms with Crippen molar-refractivity contribution in [1.29, 1.82) is 0 Å². The van der Waals surface area contributed by atoms with Crippen molar-refractivity contribution in [2.24, 2.45) is 0 Å². The lowest BCUT2D eigenvalue weighted by molar-refractivity contribution is -0.384. The highest BCUT2D eigenvalue weighted by molar-refractivity contribution is 5.68. The second kappa shape index (κ2) is 34.1. The molecule has 0 spiro atoms. The fourth-order valence-corrected chi connectivity index (χ4v) is 8.76. The Labute approximate surface area is 419 Å². The Morgan fingerprint density at radius 3 is 0.971 bits per heavy atom. The molecular formula is C58H85N5O7. The zero-order valence-corrected chi connectivity index (χ0v) is 43.2. The van der Waals surface area contributed by atoms with E-state index in [1.165, 1.54) is 166 Å². The molecule has 12 heteroatoms. The summed E-state index contributed by atoms with van der Waals surface area (Å²) in [7, 11) is 0. The summed E-state index contributed by atoms with van der Waals surface area (Å²) in [5, 5.41) is 28.4. The molecule has 70 heavy (non-hydrogen) atoms. The van der Waals surface area contributed by atoms with Crippen molar-refractivity contribution in [2.45, 2.75) is 213 Å². The SMILES string of the molecule is CCCCCCCCCCCCOc1cc(-c2nnc(-c3ccc(-c4nnc(-c5ccc([N+](=O)[O-])cc5)o4)cc3)o2)cc(OCCCCCCCCCCCC)c1OCCCCCCCCCCCC. The zero-order valence-electron chi connectivity index (χ0n) is 43.2. The average Bonchev–Trinajstić information content (AvgIpc) is 4.09. The molecule has 5 rings (SSSR count). The first-order valence-electron chi connectivity index (χ1n) is 27.6. The van der Waals surface area contributed by atoms with Crippen molar-refractivity contribution < 1.29 is 28.0 Å². The largest absolute Gasteiger partial charge is 0.490 e. The van der Waals surface area contributed by atoms with E-state index in [-0.39, 0.29) is 11.6 Å². The molecule has 2 aromatic heterocycles. The van der Waals surface area contributed by atoms with Crippen LogP contribution in [0.25, 0.3) is 45.8 Å². The fourth-order valence-electron chi connectivity index (χ4n) is 8.76. The first-order chi connectivity index (χ1) is 34.5. The Hall–Kier alpha value is -5.26. The van der Waals surface area contributed by atoms with Gasteiger partial charge in [-0.05, 0) is 67.8 Å². The lowest BCUT2D eigenvalue weighted by Gasteiger charge is -2.18. The fraction of sp³-hybridized carbons (Fsp3) is 0.621. The van der Waals surface area contributed by atoms with E-state index in [2.05, 4.69) is 41.2 Å². The van der Waals surface area contributed by atoms with Crippen LogP contribution in [0.4, 0.5) is 5.69 Å². The van der Waals surface area contributed by atoms with Crippen LogP contribution < -0.4 is 14.2 Å². The number of benzene rings is 3. The van der Waals surface area contributed by atoms with Crippen LogP contribution in [0.2, 0.25) is 0 Å². The molecule has 0 amide bonds. The van der Waals surface area contributed by atoms with E-state index >= 15 is 0 Å². The van der Waals surface area contributed by atoms with Gasteiger partial charge in [0.2, 0.25) is 29.3 Å². The maximum atomic E-state index is 11.1. The van der Waals surface area contributed by atoms with E-state index in [9.17, 15) is 10.1 Å². The number of hydrogen-bond donors (Lipinski definition) is 0. The maximum absolute atomic E-state index is 11.1. The molecule has 0 aliphatic heterocycles. The molecular weight excluding hydrogens is 879 g/mol. The van der Waals surface area contributed by atoms with E-state index < -0.39 is 4.92 Å². The molecule has 0 saturated carbocycles. The van der Waals surface area contributed by atoms with Crippen LogP contribution in [-0.2, 0) is 0 Å². The number of non-ortho nitro benzene ring substituents is 1. The highest BCUT2D eigenvalue weighted by atomic mass is 16.6. The average molecular weight is 964 g/mol. The topological polar surface area (TPSA) is 149 Å². The number of nitro groups is 1. The molecule has 0 aliphatic carbocycles. The van der Waals surface area contributed by atoms with Gasteiger partial charge in [-0.3, -0.25) is 10.1 Å². The monoisotopic (exact) mass is 964 g/mol. The molecule has 3 aromatic carbocycles. The van der Waals surface area contributed by atoms with Crippen LogP contribution >= 0.6 is 0 Å². The molecule has 2 heterocycles. The smallest absolute Gasteiger partial charge is 0.269 e. The van der Waals surface area contributed by atoms with E-state index in [4.69, 9.17) is 23.0 Å². The van der Waals surface area contributed by atoms with Gasteiger partial charge >= 0.3 is 0 Å². The van der Waals surface area contributed by atoms with Crippen LogP contribution in [0, 0.1) is 10.1 Å². The van der Waals surface area contributed by atoms with Gasteiger partial charge in [0.15, 0.2) is 11.5 Å². The van der Waals surface area contributed by atoms with Gasteiger partial charge < -0.3 is 23.0 Å². The van der Waals surface area contributed by atoms with Crippen LogP contribution in [0.5, 0.6) is 17.2 Å². The van der Waals surface area contributed by atoms with Crippen molar-refractivity contribution in [2.75, 3.05) is 19.8 Å². The highest BCUT2D eigenvalue weighted by Gasteiger charge is 2.21. The third-order valence-corrected chi connectivity index (χ3v) is 13.1. The second-order valence-corrected chi connectivity index (χ2v) is 19.1. The van der Waals surface area contributed by atoms with Gasteiger partial charge in [0.25, 0.3) is 5.69 Å². The summed E-state index contributed by atoms with van der Waals surface area (Å²) in [5.41, 5.74) is 2.72. The molecule has 0 bridgehead atoms. The quantitative estimate of drug-likeness (QED) is 0.0209. The van der Waals surface area contributed by atoms with Crippen molar-refractivity contribution in [1.82, 2.24) is 20.4 Å². The number of nitrogens with zero attached hydrogens (tertiary/aromatic N) is 5. The molecule has 0 radical (unpaired) electrons. The van der Waals surface area contributed by atoms with Gasteiger partial charge in [-0.1, -0.05) is 194 Å². The van der Waals surface area contributed by atoms with Gasteiger partial charge in [-0.2, -0.15) is 0 Å². The van der Waals surface area contributed by atoms with Gasteiger partial charge in [0.05, 0.1) is 24.7 Å². The van der Waals surface area contributed by atoms with Gasteiger partial charge in [0.1, 0.15) is 0 Å². The van der Waals surface area contributed by atoms with E-state index in [0.29, 0.717) is 71.4 Å². The number of hydrogen-bond acceptors (Lipinski definition) is 11. The summed E-state index contributed by atoms with van der Waals surface area (Å²) >= 11 is 0. The van der Waals surface area contributed by atoms with Crippen molar-refractivity contribution in [3.05, 3.63) is 70.8 Å². The minimum Gasteiger partial charge on any atom is -0.490 e. The summed E-state index contributed by atoms with van der Waals surface area (Å²) in [5.74, 6) is 3.26. The zero-order chi connectivity index (χ0) is 49.3. The number of unbranched alkanes of at least 4 members (excludes halogenated alkanes) is 27. The minimum atomic E-state index is -0.444. The number of ether oxygens (including phenoxy) is 3. The summed E-state index contributed by atoms with van der Waals surface area (Å²) in [4.78, 5) is 10.7. The Morgan fingerprint density at radius 2 is 0.657 bits per heavy atom. The third kappa shape index (κ3) is 20.6. The lowest BCUT2D eigenvalue weighted by Crippen LogP contribution is -2.07. The van der Waals surface area contributed by atoms with Crippen LogP contribution in [0.15, 0.2) is 69.5 Å². The van der Waals surface area contributed by atoms with E-state index in [1.807, 2.05) is 36.4 Å². The third-order valence-electron chi connectivity index (χ3n) is 13.1. The Bertz CT molecular complexity index is 2090. The van der Waals surface area contributed by atoms with Gasteiger partial charge in [-0.25, -0.2) is 0 Å². The van der Waals surface area contributed by atoms with Crippen molar-refractivity contribution >= 4 is 5.69 Å². The molecule has 12 nitrogen and oxygen atoms in total. The molecule has 384 valence electrons. The summed E-state index contributed by atoms with van der Waals surface area (Å²) in [6.45, 7) is 8.59. The Morgan fingerprint density at radius 1 is 0.386 bits per heavy atom. The van der Waals surface area contributed by atoms with Crippen molar-refractivity contribution in [3.8, 4) is 63.1 Å². The van der Waals surface area contributed by atoms with Crippen LogP contribution in [0.1, 0.15) is 213 Å². The van der Waals surface area contributed by atoms with Gasteiger partial charge in [-0.15, -0.1) is 20.4 Å². The Kier molecular flexibility index (Phi) is 27.1. The number of nitro benzene ring substituents is 1. The molecule has 0 aliphatic rings. The lowest BCUT2D eigenvalue weighted by atomic mass is 10.1. The first kappa shape index (κ1) is 55.7. The molecule has 0 fully saturated rings. The summed E-state index contributed by atoms with van der Waals surface area (Å²) in [6, 6.07) is 17.4. The first-order valence-corrected chi connectivity index (χ1v) is 27.6. The van der Waals surface area contributed by atoms with Gasteiger partial charge in [0, 0.05) is 34.4 Å². The van der Waals surface area contributed by atoms with Crippen LogP contribution in [0.3, 0.4) is 0 Å². The highest BCUT2D eigenvalue weighted by Crippen LogP contribution is 2.43. The molecule has 5 aromatic rings. The maximum Gasteiger partial charge on any atom is 0.269 e. The number of rotatable bonds is 41. The summed E-state index contributed by atoms with van der Waals surface area (Å²) < 4.78 is 32.2. The molecule has 0 saturated heterocycles. The molecule has 0 atom stereocenters. The minimum absolute atomic E-state index is 0.00849.